The molecule has 0 radical (unpaired) electrons. The monoisotopic (exact) mass is 286 g/mol. The molecule has 0 saturated heterocycles. The minimum Gasteiger partial charge on any atom is -0.497 e. The fourth-order valence-electron chi connectivity index (χ4n) is 2.45. The molecule has 1 aliphatic heterocycles. The van der Waals surface area contributed by atoms with Crippen molar-refractivity contribution in [2.75, 3.05) is 25.2 Å². The van der Waals surface area contributed by atoms with E-state index < -0.39 is 0 Å². The first-order valence-electron chi connectivity index (χ1n) is 6.90. The Bertz CT molecular complexity index is 601. The molecule has 1 aromatic heterocycles. The molecule has 0 saturated carbocycles. The Labute approximate surface area is 123 Å². The summed E-state index contributed by atoms with van der Waals surface area (Å²) in [5, 5.41) is 9.38. The van der Waals surface area contributed by atoms with Gasteiger partial charge in [0.2, 0.25) is 0 Å². The van der Waals surface area contributed by atoms with E-state index in [-0.39, 0.29) is 12.7 Å². The van der Waals surface area contributed by atoms with Crippen LogP contribution in [0.3, 0.4) is 0 Å². The number of fused-ring (bicyclic) bond motifs is 1. The highest BCUT2D eigenvalue weighted by Gasteiger charge is 2.26. The fourth-order valence-corrected chi connectivity index (χ4v) is 2.45. The van der Waals surface area contributed by atoms with E-state index in [4.69, 9.17) is 9.47 Å². The van der Waals surface area contributed by atoms with Crippen LogP contribution in [0.5, 0.6) is 11.5 Å². The van der Waals surface area contributed by atoms with E-state index in [1.165, 1.54) is 0 Å². The van der Waals surface area contributed by atoms with Gasteiger partial charge in [0.05, 0.1) is 20.3 Å². The Balaban J connectivity index is 1.83. The second-order valence-corrected chi connectivity index (χ2v) is 4.98. The summed E-state index contributed by atoms with van der Waals surface area (Å²) in [6.07, 6.45) is 1.53. The first kappa shape index (κ1) is 13.7. The van der Waals surface area contributed by atoms with Crippen molar-refractivity contribution in [3.63, 3.8) is 0 Å². The predicted molar refractivity (Wildman–Crippen MR) is 79.8 cm³/mol. The van der Waals surface area contributed by atoms with E-state index in [0.717, 1.165) is 22.9 Å². The smallest absolute Gasteiger partial charge is 0.171 e. The van der Waals surface area contributed by atoms with Crippen LogP contribution in [0.4, 0.5) is 5.82 Å². The molecular weight excluding hydrogens is 268 g/mol. The molecule has 0 aliphatic carbocycles. The highest BCUT2D eigenvalue weighted by Crippen LogP contribution is 2.31. The van der Waals surface area contributed by atoms with Crippen LogP contribution in [0, 0.1) is 0 Å². The molecule has 1 aromatic carbocycles. The molecule has 1 aliphatic rings. The number of rotatable bonds is 4. The molecule has 5 heteroatoms. The third-order valence-electron chi connectivity index (χ3n) is 3.50. The number of ether oxygens (including phenoxy) is 2. The van der Waals surface area contributed by atoms with Crippen LogP contribution >= 0.6 is 0 Å². The highest BCUT2D eigenvalue weighted by molar-refractivity contribution is 5.54. The van der Waals surface area contributed by atoms with Gasteiger partial charge < -0.3 is 19.5 Å². The summed E-state index contributed by atoms with van der Waals surface area (Å²) in [5.74, 6) is 2.38. The summed E-state index contributed by atoms with van der Waals surface area (Å²) < 4.78 is 10.9. The maximum Gasteiger partial charge on any atom is 0.171 e. The van der Waals surface area contributed by atoms with Gasteiger partial charge in [-0.15, -0.1) is 0 Å². The van der Waals surface area contributed by atoms with E-state index in [1.807, 2.05) is 36.4 Å². The molecule has 1 N–H and O–H groups in total. The largest absolute Gasteiger partial charge is 0.497 e. The van der Waals surface area contributed by atoms with Crippen LogP contribution in [0.15, 0.2) is 42.6 Å². The molecule has 0 spiro atoms. The van der Waals surface area contributed by atoms with E-state index >= 15 is 0 Å². The van der Waals surface area contributed by atoms with E-state index in [9.17, 15) is 5.11 Å². The number of aliphatic hydroxyl groups excluding tert-OH is 1. The number of pyridine rings is 1. The Hall–Kier alpha value is -2.27. The average Bonchev–Trinajstić information content (AvgIpc) is 2.55. The number of hydrogen-bond donors (Lipinski definition) is 1. The Kier molecular flexibility index (Phi) is 3.92. The second kappa shape index (κ2) is 6.01. The maximum atomic E-state index is 9.38. The van der Waals surface area contributed by atoms with E-state index in [1.54, 1.807) is 13.3 Å². The minimum absolute atomic E-state index is 0.00650. The number of methoxy groups -OCH3 is 1. The molecule has 3 rings (SSSR count). The zero-order valence-corrected chi connectivity index (χ0v) is 11.9. The van der Waals surface area contributed by atoms with Crippen LogP contribution in [0.25, 0.3) is 0 Å². The van der Waals surface area contributed by atoms with Gasteiger partial charge in [-0.2, -0.15) is 0 Å². The number of aromatic nitrogens is 1. The molecule has 2 heterocycles. The number of nitrogens with zero attached hydrogens (tertiary/aromatic N) is 2. The van der Waals surface area contributed by atoms with Crippen LogP contribution in [-0.2, 0) is 6.54 Å². The first-order chi connectivity index (χ1) is 10.3. The molecule has 110 valence electrons. The van der Waals surface area contributed by atoms with Crippen molar-refractivity contribution in [2.24, 2.45) is 0 Å². The normalized spacial score (nSPS) is 17.0. The zero-order valence-electron chi connectivity index (χ0n) is 11.9. The zero-order chi connectivity index (χ0) is 14.7. The number of hydrogen-bond acceptors (Lipinski definition) is 5. The molecule has 0 amide bonds. The summed E-state index contributed by atoms with van der Waals surface area (Å²) in [5.41, 5.74) is 1.16. The van der Waals surface area contributed by atoms with Crippen LogP contribution in [-0.4, -0.2) is 36.5 Å². The van der Waals surface area contributed by atoms with Crippen molar-refractivity contribution < 1.29 is 14.6 Å². The Morgan fingerprint density at radius 3 is 2.86 bits per heavy atom. The molecule has 1 unspecified atom stereocenters. The quantitative estimate of drug-likeness (QED) is 0.929. The topological polar surface area (TPSA) is 54.8 Å². The molecular formula is C16H18N2O3. The maximum absolute atomic E-state index is 9.38. The van der Waals surface area contributed by atoms with Crippen LogP contribution in [0.2, 0.25) is 0 Å². The van der Waals surface area contributed by atoms with Gasteiger partial charge in [0.1, 0.15) is 11.9 Å². The number of benzene rings is 1. The van der Waals surface area contributed by atoms with Crippen LogP contribution in [0.1, 0.15) is 5.56 Å². The molecule has 5 nitrogen and oxygen atoms in total. The van der Waals surface area contributed by atoms with Gasteiger partial charge in [-0.25, -0.2) is 4.98 Å². The molecule has 21 heavy (non-hydrogen) atoms. The molecule has 0 bridgehead atoms. The summed E-state index contributed by atoms with van der Waals surface area (Å²) in [4.78, 5) is 6.52. The summed E-state index contributed by atoms with van der Waals surface area (Å²) in [7, 11) is 1.66. The first-order valence-corrected chi connectivity index (χ1v) is 6.90. The third kappa shape index (κ3) is 2.92. The standard InChI is InChI=1S/C16H18N2O3/c1-20-13-6-4-12(5-7-13)9-18-10-14(11-19)21-15-3-2-8-17-16(15)18/h2-8,14,19H,9-11H2,1H3. The highest BCUT2D eigenvalue weighted by atomic mass is 16.5. The molecule has 1 atom stereocenters. The van der Waals surface area contributed by atoms with E-state index in [0.29, 0.717) is 13.1 Å². The van der Waals surface area contributed by atoms with Crippen molar-refractivity contribution in [2.45, 2.75) is 12.6 Å². The van der Waals surface area contributed by atoms with Gasteiger partial charge in [0.15, 0.2) is 11.6 Å². The van der Waals surface area contributed by atoms with Gasteiger partial charge in [0.25, 0.3) is 0 Å². The van der Waals surface area contributed by atoms with Crippen molar-refractivity contribution >= 4 is 5.82 Å². The van der Waals surface area contributed by atoms with Gasteiger partial charge in [-0.3, -0.25) is 0 Å². The van der Waals surface area contributed by atoms with Crippen LogP contribution < -0.4 is 14.4 Å². The lowest BCUT2D eigenvalue weighted by molar-refractivity contribution is 0.111. The van der Waals surface area contributed by atoms with Gasteiger partial charge in [-0.05, 0) is 29.8 Å². The third-order valence-corrected chi connectivity index (χ3v) is 3.50. The van der Waals surface area contributed by atoms with Crippen molar-refractivity contribution in [3.8, 4) is 11.5 Å². The molecule has 2 aromatic rings. The lowest BCUT2D eigenvalue weighted by atomic mass is 10.1. The average molecular weight is 286 g/mol. The fraction of sp³-hybridized carbons (Fsp3) is 0.312. The second-order valence-electron chi connectivity index (χ2n) is 4.98. The minimum atomic E-state index is -0.222. The summed E-state index contributed by atoms with van der Waals surface area (Å²) >= 11 is 0. The summed E-state index contributed by atoms with van der Waals surface area (Å²) in [6, 6.07) is 11.7. The SMILES string of the molecule is COc1ccc(CN2CC(CO)Oc3cccnc32)cc1. The van der Waals surface area contributed by atoms with Crippen molar-refractivity contribution in [1.29, 1.82) is 0 Å². The lowest BCUT2D eigenvalue weighted by Gasteiger charge is -2.34. The van der Waals surface area contributed by atoms with Crippen molar-refractivity contribution in [3.05, 3.63) is 48.2 Å². The number of anilines is 1. The number of aliphatic hydroxyl groups is 1. The van der Waals surface area contributed by atoms with Gasteiger partial charge in [0, 0.05) is 12.7 Å². The Morgan fingerprint density at radius 2 is 2.14 bits per heavy atom. The van der Waals surface area contributed by atoms with E-state index in [2.05, 4.69) is 9.88 Å². The van der Waals surface area contributed by atoms with Gasteiger partial charge in [-0.1, -0.05) is 12.1 Å². The predicted octanol–water partition coefficient (Wildman–Crippen LogP) is 1.85. The Morgan fingerprint density at radius 1 is 1.33 bits per heavy atom. The van der Waals surface area contributed by atoms with Crippen molar-refractivity contribution in [1.82, 2.24) is 4.98 Å². The molecule has 0 fully saturated rings. The summed E-state index contributed by atoms with van der Waals surface area (Å²) in [6.45, 7) is 1.33. The lowest BCUT2D eigenvalue weighted by Crippen LogP contribution is -2.42. The van der Waals surface area contributed by atoms with Gasteiger partial charge >= 0.3 is 0 Å².